The van der Waals surface area contributed by atoms with Gasteiger partial charge in [-0.15, -0.1) is 0 Å². The van der Waals surface area contributed by atoms with Crippen LogP contribution in [0.4, 0.5) is 11.4 Å². The van der Waals surface area contributed by atoms with Gasteiger partial charge in [-0.3, -0.25) is 19.2 Å². The number of aliphatic hydroxyl groups is 7. The van der Waals surface area contributed by atoms with Gasteiger partial charge in [-0.25, -0.2) is 4.79 Å². The molecule has 0 aromatic heterocycles. The van der Waals surface area contributed by atoms with Crippen LogP contribution >= 0.6 is 136 Å². The van der Waals surface area contributed by atoms with Crippen LogP contribution in [0.15, 0.2) is 0 Å². The minimum atomic E-state index is -1.83. The number of amides is 4. The maximum absolute atomic E-state index is 12.7. The topological polar surface area (TPSA) is 295 Å². The Morgan fingerprint density at radius 1 is 0.607 bits per heavy atom. The number of carboxylic acid groups (broad SMARTS) is 1. The second kappa shape index (κ2) is 24.3. The van der Waals surface area contributed by atoms with Crippen molar-refractivity contribution in [2.75, 3.05) is 58.1 Å². The highest BCUT2D eigenvalue weighted by atomic mass is 127. The molecular weight excluding hydrogens is 1420 g/mol. The third-order valence-corrected chi connectivity index (χ3v) is 14.5. The quantitative estimate of drug-likeness (QED) is 0.0829. The van der Waals surface area contributed by atoms with E-state index in [-0.39, 0.29) is 53.0 Å². The molecule has 0 saturated heterocycles. The highest BCUT2D eigenvalue weighted by Gasteiger charge is 2.38. The molecule has 0 spiro atoms. The molecule has 12 N–H and O–H groups in total. The number of nitrogens with one attached hydrogen (secondary N) is 4. The van der Waals surface area contributed by atoms with E-state index in [2.05, 4.69) is 21.3 Å². The molecule has 4 amide bonds. The summed E-state index contributed by atoms with van der Waals surface area (Å²) in [5.74, 6) is -2.60. The number of benzene rings is 2. The van der Waals surface area contributed by atoms with Crippen molar-refractivity contribution in [3.05, 3.63) is 43.7 Å². The molecule has 0 aliphatic carbocycles. The maximum Gasteiger partial charge on any atom is 0.337 e. The number of carboxylic acids is 1. The number of carbonyl (C=O) groups is 5. The highest BCUT2D eigenvalue weighted by molar-refractivity contribution is 14.1. The van der Waals surface area contributed by atoms with Crippen molar-refractivity contribution in [2.24, 2.45) is 0 Å². The van der Waals surface area contributed by atoms with E-state index in [1.807, 2.05) is 136 Å². The summed E-state index contributed by atoms with van der Waals surface area (Å²) in [5, 5.41) is 89.2. The molecule has 0 aliphatic rings. The first-order chi connectivity index (χ1) is 25.8. The van der Waals surface area contributed by atoms with Crippen LogP contribution in [0.25, 0.3) is 0 Å². The number of quaternary nitrogens is 1. The molecule has 0 saturated carbocycles. The number of anilines is 2. The number of rotatable bonds is 16. The molecule has 2 aromatic rings. The molecule has 56 heavy (non-hydrogen) atoms. The lowest BCUT2D eigenvalue weighted by Crippen LogP contribution is -2.57. The number of aromatic carboxylic acids is 1. The summed E-state index contributed by atoms with van der Waals surface area (Å²) >= 11 is 11.7. The Kier molecular flexibility index (Phi) is 23.4. The molecule has 0 bridgehead atoms. The lowest BCUT2D eigenvalue weighted by molar-refractivity contribution is -0.928. The Labute approximate surface area is 404 Å². The Hall–Kier alpha value is -0.150. The average molecular weight is 1470 g/mol. The predicted molar refractivity (Wildman–Crippen MR) is 255 cm³/mol. The zero-order valence-electron chi connectivity index (χ0n) is 30.3. The molecule has 314 valence electrons. The number of halogens is 6. The minimum Gasteiger partial charge on any atom is -0.478 e. The predicted octanol–water partition coefficient (Wildman–Crippen LogP) is 1.07. The summed E-state index contributed by atoms with van der Waals surface area (Å²) in [6.07, 6.45) is -8.11. The fourth-order valence-corrected chi connectivity index (χ4v) is 13.9. The van der Waals surface area contributed by atoms with E-state index in [1.54, 1.807) is 7.05 Å². The third-order valence-electron chi connectivity index (χ3n) is 7.80. The molecule has 0 radical (unpaired) electrons. The molecule has 0 heterocycles. The van der Waals surface area contributed by atoms with E-state index in [4.69, 9.17) is 5.11 Å². The first kappa shape index (κ1) is 53.9. The van der Waals surface area contributed by atoms with E-state index >= 15 is 0 Å². The average Bonchev–Trinajstić information content (AvgIpc) is 3.12. The number of carbonyl (C=O) groups excluding carboxylic acids is 4. The lowest BCUT2D eigenvalue weighted by Gasteiger charge is -2.39. The van der Waals surface area contributed by atoms with Gasteiger partial charge in [0.2, 0.25) is 11.8 Å². The smallest absolute Gasteiger partial charge is 0.337 e. The maximum atomic E-state index is 12.7. The van der Waals surface area contributed by atoms with Crippen molar-refractivity contribution in [1.29, 1.82) is 0 Å². The largest absolute Gasteiger partial charge is 0.478 e. The number of hydrogen-bond donors (Lipinski definition) is 12. The lowest BCUT2D eigenvalue weighted by atomic mass is 10.0. The molecule has 2 unspecified atom stereocenters. The summed E-state index contributed by atoms with van der Waals surface area (Å²) in [6, 6.07) is 0. The van der Waals surface area contributed by atoms with Crippen molar-refractivity contribution in [1.82, 2.24) is 10.6 Å². The second-order valence-corrected chi connectivity index (χ2v) is 18.8. The van der Waals surface area contributed by atoms with Crippen LogP contribution < -0.4 is 21.3 Å². The van der Waals surface area contributed by atoms with Gasteiger partial charge >= 0.3 is 5.97 Å². The van der Waals surface area contributed by atoms with Gasteiger partial charge in [0.05, 0.1) is 59.0 Å². The van der Waals surface area contributed by atoms with Crippen molar-refractivity contribution in [3.63, 3.8) is 0 Å². The zero-order valence-corrected chi connectivity index (χ0v) is 43.2. The zero-order chi connectivity index (χ0) is 43.6. The number of hydrogen-bond acceptors (Lipinski definition) is 12. The van der Waals surface area contributed by atoms with Crippen molar-refractivity contribution in [2.45, 2.75) is 50.9 Å². The summed E-state index contributed by atoms with van der Waals surface area (Å²) in [6.45, 7) is 1.03. The standard InChI is InChI=1S/C21H32I3N3O9.C11H9I3N2O4/c1-9(30)26-18-16(23)11(15(22)14(17(18)24)21(36)25-2)5-27(3,4-10(31)7-28)6-12(32)19(34)20(35)13(33)8-29;1-3(17)16-9-7(13)4(10(18)15-2)6(12)5(8(9)14)11(19)20/h10,12-13,19-20,28-29,31-35H,4-8H2,1-3H3,(H-,25,26,30,36);1-2H3,(H,15,18)(H,16,17)(H,19,20)/p+1/t10?,12-,13+,19+,20+,27?;/m0./s1. The summed E-state index contributed by atoms with van der Waals surface area (Å²) < 4.78 is 2.81. The SMILES string of the molecule is CNC(=O)c1c(I)c(C[N+](C)(CC(O)CO)C[C@H](O)[C@@H](O)[C@H](O)[C@H](O)CO)c(I)c(NC(C)=O)c1I.CNC(=O)c1c(I)c(NC(C)=O)c(I)c(C(=O)O)c1I. The van der Waals surface area contributed by atoms with Crippen LogP contribution in [0, 0.1) is 21.4 Å². The fourth-order valence-electron chi connectivity index (χ4n) is 5.20. The first-order valence-electron chi connectivity index (χ1n) is 15.9. The fraction of sp³-hybridized carbons (Fsp3) is 0.469. The number of likely N-dealkylation sites (N-methyl/N-ethyl adjacent to an activating group) is 1. The van der Waals surface area contributed by atoms with Crippen molar-refractivity contribution < 1.29 is 69.3 Å². The summed E-state index contributed by atoms with van der Waals surface area (Å²) in [7, 11) is 4.59. The Balaban J connectivity index is 0.000000660. The van der Waals surface area contributed by atoms with Crippen LogP contribution in [-0.4, -0.2) is 153 Å². The van der Waals surface area contributed by atoms with E-state index < -0.39 is 55.6 Å². The van der Waals surface area contributed by atoms with Crippen LogP contribution in [0.3, 0.4) is 0 Å². The molecule has 18 nitrogen and oxygen atoms in total. The van der Waals surface area contributed by atoms with Gasteiger partial charge < -0.3 is 66.6 Å². The van der Waals surface area contributed by atoms with Gasteiger partial charge in [0.15, 0.2) is 0 Å². The van der Waals surface area contributed by atoms with E-state index in [9.17, 15) is 59.7 Å². The number of nitrogens with zero attached hydrogens (tertiary/aromatic N) is 1. The molecule has 0 fully saturated rings. The second-order valence-electron chi connectivity index (χ2n) is 12.3. The summed E-state index contributed by atoms with van der Waals surface area (Å²) in [5.41, 5.74) is 1.96. The van der Waals surface area contributed by atoms with Crippen molar-refractivity contribution >= 4 is 177 Å². The van der Waals surface area contributed by atoms with Gasteiger partial charge in [0, 0.05) is 44.2 Å². The Bertz CT molecular complexity index is 1810. The van der Waals surface area contributed by atoms with Crippen LogP contribution in [-0.2, 0) is 16.1 Å². The van der Waals surface area contributed by atoms with E-state index in [1.165, 1.54) is 27.9 Å². The summed E-state index contributed by atoms with van der Waals surface area (Å²) in [4.78, 5) is 59.2. The van der Waals surface area contributed by atoms with Gasteiger partial charge in [-0.05, 0) is 136 Å². The molecule has 2 aromatic carbocycles. The van der Waals surface area contributed by atoms with Crippen molar-refractivity contribution in [3.8, 4) is 0 Å². The monoisotopic (exact) mass is 1470 g/mol. The van der Waals surface area contributed by atoms with E-state index in [0.717, 1.165) is 0 Å². The molecule has 2 rings (SSSR count). The van der Waals surface area contributed by atoms with Crippen LogP contribution in [0.1, 0.15) is 50.5 Å². The Morgan fingerprint density at radius 2 is 1.02 bits per heavy atom. The van der Waals surface area contributed by atoms with Crippen LogP contribution in [0.5, 0.6) is 0 Å². The van der Waals surface area contributed by atoms with E-state index in [0.29, 0.717) is 43.9 Å². The minimum absolute atomic E-state index is 0.00830. The molecule has 0 aliphatic heterocycles. The normalized spacial score (nSPS) is 14.8. The first-order valence-corrected chi connectivity index (χ1v) is 22.4. The highest BCUT2D eigenvalue weighted by Crippen LogP contribution is 2.38. The Morgan fingerprint density at radius 3 is 1.41 bits per heavy atom. The van der Waals surface area contributed by atoms with Gasteiger partial charge in [0.1, 0.15) is 50.2 Å². The van der Waals surface area contributed by atoms with Gasteiger partial charge in [-0.2, -0.15) is 0 Å². The van der Waals surface area contributed by atoms with Gasteiger partial charge in [-0.1, -0.05) is 0 Å². The number of aliphatic hydroxyl groups excluding tert-OH is 7. The van der Waals surface area contributed by atoms with Crippen LogP contribution in [0.2, 0.25) is 0 Å². The third kappa shape index (κ3) is 14.2. The van der Waals surface area contributed by atoms with Gasteiger partial charge in [0.25, 0.3) is 11.8 Å². The molecule has 6 atom stereocenters. The molecular formula is C32H42I6N5O13+. The molecule has 24 heteroatoms.